The Kier molecular flexibility index (Phi) is 6.69. The summed E-state index contributed by atoms with van der Waals surface area (Å²) in [6, 6.07) is 21.0. The van der Waals surface area contributed by atoms with Crippen molar-refractivity contribution in [2.24, 2.45) is 0 Å². The highest BCUT2D eigenvalue weighted by atomic mass is 32.2. The standard InChI is InChI=1S/C24H28N2O4S2/c1-24(28,18-27)20-9-11-21(12-10-20)26-14-13-25(32(29,30)23-8-5-15-31-23)17-22(26)16-19-6-3-2-4-7-19/h2-12,15,22,27-28H,13-14,16-18H2,1H3/t22-,24?/m0/s1. The highest BCUT2D eigenvalue weighted by Crippen LogP contribution is 2.29. The van der Waals surface area contributed by atoms with E-state index in [9.17, 15) is 18.6 Å². The third-order valence-electron chi connectivity index (χ3n) is 5.98. The maximum absolute atomic E-state index is 13.1. The third kappa shape index (κ3) is 4.74. The molecule has 1 fully saturated rings. The fourth-order valence-corrected chi connectivity index (χ4v) is 6.70. The van der Waals surface area contributed by atoms with Crippen LogP contribution in [0.5, 0.6) is 0 Å². The first kappa shape index (κ1) is 22.9. The Bertz CT molecular complexity index is 1110. The lowest BCUT2D eigenvalue weighted by atomic mass is 9.96. The van der Waals surface area contributed by atoms with Gasteiger partial charge in [-0.05, 0) is 48.1 Å². The van der Waals surface area contributed by atoms with Crippen LogP contribution in [0.1, 0.15) is 18.1 Å². The quantitative estimate of drug-likeness (QED) is 0.552. The van der Waals surface area contributed by atoms with E-state index in [0.717, 1.165) is 11.3 Å². The first-order chi connectivity index (χ1) is 15.3. The van der Waals surface area contributed by atoms with Crippen molar-refractivity contribution in [3.05, 3.63) is 83.2 Å². The Morgan fingerprint density at radius 2 is 1.75 bits per heavy atom. The Morgan fingerprint density at radius 1 is 1.03 bits per heavy atom. The predicted molar refractivity (Wildman–Crippen MR) is 127 cm³/mol. The number of nitrogens with zero attached hydrogens (tertiary/aromatic N) is 2. The van der Waals surface area contributed by atoms with Crippen LogP contribution in [-0.4, -0.2) is 55.2 Å². The topological polar surface area (TPSA) is 81.1 Å². The maximum Gasteiger partial charge on any atom is 0.252 e. The molecule has 2 aromatic carbocycles. The molecule has 0 spiro atoms. The van der Waals surface area contributed by atoms with E-state index in [1.807, 2.05) is 42.5 Å². The normalized spacial score (nSPS) is 19.6. The second-order valence-corrected chi connectivity index (χ2v) is 11.4. The van der Waals surface area contributed by atoms with E-state index in [1.54, 1.807) is 28.7 Å². The van der Waals surface area contributed by atoms with Gasteiger partial charge in [-0.1, -0.05) is 48.5 Å². The molecule has 2 N–H and O–H groups in total. The number of piperazine rings is 1. The van der Waals surface area contributed by atoms with Gasteiger partial charge in [-0.25, -0.2) is 8.42 Å². The number of anilines is 1. The van der Waals surface area contributed by atoms with Gasteiger partial charge in [0.1, 0.15) is 9.81 Å². The Balaban J connectivity index is 1.61. The molecule has 0 bridgehead atoms. The van der Waals surface area contributed by atoms with Crippen LogP contribution in [0.4, 0.5) is 5.69 Å². The van der Waals surface area contributed by atoms with Crippen LogP contribution in [0, 0.1) is 0 Å². The molecule has 3 aromatic rings. The SMILES string of the molecule is CC(O)(CO)c1ccc(N2CCN(S(=O)(=O)c3cccs3)C[C@@H]2Cc2ccccc2)cc1. The zero-order valence-electron chi connectivity index (χ0n) is 18.0. The average molecular weight is 473 g/mol. The molecule has 2 heterocycles. The van der Waals surface area contributed by atoms with Crippen LogP contribution in [-0.2, 0) is 22.0 Å². The Labute approximate surface area is 193 Å². The lowest BCUT2D eigenvalue weighted by molar-refractivity contribution is -0.00227. The number of thiophene rings is 1. The second-order valence-electron chi connectivity index (χ2n) is 8.31. The summed E-state index contributed by atoms with van der Waals surface area (Å²) >= 11 is 1.24. The summed E-state index contributed by atoms with van der Waals surface area (Å²) in [5.41, 5.74) is 1.46. The van der Waals surface area contributed by atoms with Crippen molar-refractivity contribution < 1.29 is 18.6 Å². The zero-order chi connectivity index (χ0) is 22.8. The number of aliphatic hydroxyl groups excluding tert-OH is 1. The molecule has 0 amide bonds. The van der Waals surface area contributed by atoms with Gasteiger partial charge in [-0.3, -0.25) is 0 Å². The highest BCUT2D eigenvalue weighted by molar-refractivity contribution is 7.91. The summed E-state index contributed by atoms with van der Waals surface area (Å²) < 4.78 is 28.3. The molecule has 0 radical (unpaired) electrons. The van der Waals surface area contributed by atoms with E-state index in [1.165, 1.54) is 11.3 Å². The number of benzene rings is 2. The summed E-state index contributed by atoms with van der Waals surface area (Å²) in [6.07, 6.45) is 0.716. The summed E-state index contributed by atoms with van der Waals surface area (Å²) in [6.45, 7) is 2.58. The lowest BCUT2D eigenvalue weighted by Crippen LogP contribution is -2.55. The fraction of sp³-hybridized carbons (Fsp3) is 0.333. The average Bonchev–Trinajstić information content (AvgIpc) is 3.36. The maximum atomic E-state index is 13.1. The van der Waals surface area contributed by atoms with Gasteiger partial charge in [0.25, 0.3) is 10.0 Å². The van der Waals surface area contributed by atoms with Crippen LogP contribution in [0.25, 0.3) is 0 Å². The smallest absolute Gasteiger partial charge is 0.252 e. The van der Waals surface area contributed by atoms with Crippen molar-refractivity contribution >= 4 is 27.0 Å². The van der Waals surface area contributed by atoms with Gasteiger partial charge < -0.3 is 15.1 Å². The summed E-state index contributed by atoms with van der Waals surface area (Å²) in [5, 5.41) is 21.5. The minimum absolute atomic E-state index is 0.0370. The molecule has 0 saturated carbocycles. The van der Waals surface area contributed by atoms with E-state index in [4.69, 9.17) is 0 Å². The molecule has 1 unspecified atom stereocenters. The number of hydrogen-bond donors (Lipinski definition) is 2. The Hall–Kier alpha value is -2.23. The molecular formula is C24H28N2O4S2. The van der Waals surface area contributed by atoms with E-state index in [0.29, 0.717) is 35.8 Å². The minimum atomic E-state index is -3.51. The van der Waals surface area contributed by atoms with Crippen LogP contribution >= 0.6 is 11.3 Å². The molecule has 8 heteroatoms. The zero-order valence-corrected chi connectivity index (χ0v) is 19.6. The first-order valence-electron chi connectivity index (χ1n) is 10.6. The van der Waals surface area contributed by atoms with Gasteiger partial charge in [-0.2, -0.15) is 4.31 Å². The van der Waals surface area contributed by atoms with E-state index in [2.05, 4.69) is 17.0 Å². The molecular weight excluding hydrogens is 444 g/mol. The molecule has 1 aromatic heterocycles. The fourth-order valence-electron chi connectivity index (χ4n) is 4.09. The largest absolute Gasteiger partial charge is 0.393 e. The monoisotopic (exact) mass is 472 g/mol. The van der Waals surface area contributed by atoms with Gasteiger partial charge in [0.05, 0.1) is 6.61 Å². The van der Waals surface area contributed by atoms with Crippen molar-refractivity contribution in [3.8, 4) is 0 Å². The van der Waals surface area contributed by atoms with Crippen molar-refractivity contribution in [2.75, 3.05) is 31.1 Å². The van der Waals surface area contributed by atoms with Gasteiger partial charge in [0.15, 0.2) is 0 Å². The molecule has 1 aliphatic rings. The van der Waals surface area contributed by atoms with Crippen molar-refractivity contribution in [2.45, 2.75) is 29.2 Å². The number of rotatable bonds is 7. The number of aliphatic hydroxyl groups is 2. The summed E-state index contributed by atoms with van der Waals surface area (Å²) in [4.78, 5) is 2.24. The van der Waals surface area contributed by atoms with Gasteiger partial charge >= 0.3 is 0 Å². The lowest BCUT2D eigenvalue weighted by Gasteiger charge is -2.42. The minimum Gasteiger partial charge on any atom is -0.393 e. The van der Waals surface area contributed by atoms with Gasteiger partial charge in [-0.15, -0.1) is 11.3 Å². The molecule has 32 heavy (non-hydrogen) atoms. The third-order valence-corrected chi connectivity index (χ3v) is 9.22. The Morgan fingerprint density at radius 3 is 2.38 bits per heavy atom. The van der Waals surface area contributed by atoms with Crippen LogP contribution in [0.3, 0.4) is 0 Å². The molecule has 0 aliphatic carbocycles. The summed E-state index contributed by atoms with van der Waals surface area (Å²) in [5.74, 6) is 0. The molecule has 4 rings (SSSR count). The summed E-state index contributed by atoms with van der Waals surface area (Å²) in [7, 11) is -3.51. The van der Waals surface area contributed by atoms with E-state index in [-0.39, 0.29) is 12.6 Å². The predicted octanol–water partition coefficient (Wildman–Crippen LogP) is 3.07. The number of hydrogen-bond acceptors (Lipinski definition) is 6. The molecule has 1 aliphatic heterocycles. The van der Waals surface area contributed by atoms with Gasteiger partial charge in [0.2, 0.25) is 0 Å². The van der Waals surface area contributed by atoms with Crippen molar-refractivity contribution in [1.82, 2.24) is 4.31 Å². The molecule has 170 valence electrons. The van der Waals surface area contributed by atoms with Crippen LogP contribution in [0.15, 0.2) is 76.3 Å². The molecule has 6 nitrogen and oxygen atoms in total. The molecule has 1 saturated heterocycles. The van der Waals surface area contributed by atoms with Crippen molar-refractivity contribution in [1.29, 1.82) is 0 Å². The molecule has 2 atom stereocenters. The van der Waals surface area contributed by atoms with Crippen LogP contribution < -0.4 is 4.90 Å². The highest BCUT2D eigenvalue weighted by Gasteiger charge is 2.35. The van der Waals surface area contributed by atoms with Crippen LogP contribution in [0.2, 0.25) is 0 Å². The van der Waals surface area contributed by atoms with E-state index >= 15 is 0 Å². The number of sulfonamides is 1. The second kappa shape index (κ2) is 9.33. The van der Waals surface area contributed by atoms with Crippen molar-refractivity contribution in [3.63, 3.8) is 0 Å². The van der Waals surface area contributed by atoms with Gasteiger partial charge in [0, 0.05) is 31.4 Å². The first-order valence-corrected chi connectivity index (χ1v) is 12.9. The van der Waals surface area contributed by atoms with E-state index < -0.39 is 15.6 Å².